The lowest BCUT2D eigenvalue weighted by Gasteiger charge is -2.34. The van der Waals surface area contributed by atoms with E-state index in [4.69, 9.17) is 9.47 Å². The van der Waals surface area contributed by atoms with Crippen LogP contribution in [0.1, 0.15) is 30.7 Å². The van der Waals surface area contributed by atoms with Crippen molar-refractivity contribution in [1.82, 2.24) is 4.90 Å². The van der Waals surface area contributed by atoms with Gasteiger partial charge < -0.3 is 24.4 Å². The number of carbonyl (C=O) groups is 1. The van der Waals surface area contributed by atoms with E-state index >= 15 is 0 Å². The van der Waals surface area contributed by atoms with Crippen LogP contribution in [0.25, 0.3) is 0 Å². The molecule has 0 amide bonds. The lowest BCUT2D eigenvalue weighted by atomic mass is 9.88. The van der Waals surface area contributed by atoms with Crippen LogP contribution in [-0.4, -0.2) is 68.1 Å². The summed E-state index contributed by atoms with van der Waals surface area (Å²) in [7, 11) is 3.07. The number of likely N-dealkylation sites (tertiary alicyclic amines) is 1. The normalized spacial score (nSPS) is 22.4. The van der Waals surface area contributed by atoms with E-state index in [1.807, 2.05) is 4.90 Å². The van der Waals surface area contributed by atoms with Crippen LogP contribution in [0.2, 0.25) is 0 Å². The highest BCUT2D eigenvalue weighted by molar-refractivity contribution is 5.77. The maximum Gasteiger partial charge on any atom is 0.393 e. The molecule has 2 aromatic rings. The first-order valence-corrected chi connectivity index (χ1v) is 11.9. The smallest absolute Gasteiger partial charge is 0.393 e. The predicted octanol–water partition coefficient (Wildman–Crippen LogP) is 4.93. The van der Waals surface area contributed by atoms with Crippen molar-refractivity contribution < 1.29 is 36.9 Å². The van der Waals surface area contributed by atoms with Gasteiger partial charge in [-0.05, 0) is 43.3 Å². The minimum atomic E-state index is -4.35. The molecule has 0 spiro atoms. The summed E-state index contributed by atoms with van der Waals surface area (Å²) in [6.45, 7) is 0.988. The van der Waals surface area contributed by atoms with Crippen LogP contribution in [0.4, 0.5) is 23.2 Å². The number of piperidine rings is 1. The highest BCUT2D eigenvalue weighted by Gasteiger charge is 2.49. The van der Waals surface area contributed by atoms with Crippen molar-refractivity contribution >= 4 is 11.7 Å². The fourth-order valence-electron chi connectivity index (χ4n) is 5.21. The molecular weight excluding hydrogens is 480 g/mol. The average molecular weight is 511 g/mol. The summed E-state index contributed by atoms with van der Waals surface area (Å²) in [5, 5.41) is 9.82. The highest BCUT2D eigenvalue weighted by atomic mass is 19.4. The van der Waals surface area contributed by atoms with Gasteiger partial charge in [0.1, 0.15) is 23.4 Å². The summed E-state index contributed by atoms with van der Waals surface area (Å²) in [5.74, 6) is -2.93. The van der Waals surface area contributed by atoms with E-state index in [1.165, 1.54) is 25.1 Å². The molecule has 36 heavy (non-hydrogen) atoms. The Morgan fingerprint density at radius 1 is 1.08 bits per heavy atom. The summed E-state index contributed by atoms with van der Waals surface area (Å²) >= 11 is 0. The number of hydrogen-bond acceptors (Lipinski definition) is 5. The monoisotopic (exact) mass is 510 g/mol. The van der Waals surface area contributed by atoms with Gasteiger partial charge in [0.2, 0.25) is 0 Å². The molecule has 0 bridgehead atoms. The molecule has 2 aliphatic heterocycles. The average Bonchev–Trinajstić information content (AvgIpc) is 3.23. The van der Waals surface area contributed by atoms with E-state index in [-0.39, 0.29) is 24.9 Å². The Morgan fingerprint density at radius 2 is 1.72 bits per heavy atom. The molecule has 4 rings (SSSR count). The second-order valence-corrected chi connectivity index (χ2v) is 9.49. The largest absolute Gasteiger partial charge is 0.497 e. The van der Waals surface area contributed by atoms with Crippen molar-refractivity contribution in [3.63, 3.8) is 0 Å². The van der Waals surface area contributed by atoms with Crippen LogP contribution < -0.4 is 14.4 Å². The maximum absolute atomic E-state index is 14.3. The van der Waals surface area contributed by atoms with Crippen molar-refractivity contribution in [1.29, 1.82) is 0 Å². The first-order valence-electron chi connectivity index (χ1n) is 11.9. The van der Waals surface area contributed by atoms with Crippen LogP contribution >= 0.6 is 0 Å². The number of anilines is 1. The van der Waals surface area contributed by atoms with E-state index in [2.05, 4.69) is 0 Å². The zero-order valence-corrected chi connectivity index (χ0v) is 20.2. The SMILES string of the molecule is COc1ccc(F)c(N2CCC(Oc3ccc(C(C(=O)O)C4CC(C(F)(F)F)CN4C)cc3)CC2)c1. The Kier molecular flexibility index (Phi) is 7.63. The standard InChI is InChI=1S/C26H30F4N2O4/c1-31-15-17(26(28,29)30)13-23(31)24(25(33)34)16-3-5-18(6-4-16)36-19-9-11-32(12-10-19)22-14-20(35-2)7-8-21(22)27/h3-8,14,17,19,23-24H,9-13,15H2,1-2H3,(H,33,34). The number of benzene rings is 2. The van der Waals surface area contributed by atoms with Gasteiger partial charge in [-0.2, -0.15) is 13.2 Å². The van der Waals surface area contributed by atoms with E-state index < -0.39 is 30.0 Å². The molecule has 196 valence electrons. The summed E-state index contributed by atoms with van der Waals surface area (Å²) in [6.07, 6.45) is -3.35. The Hall–Kier alpha value is -3.01. The second-order valence-electron chi connectivity index (χ2n) is 9.49. The van der Waals surface area contributed by atoms with Crippen molar-refractivity contribution in [2.75, 3.05) is 38.7 Å². The van der Waals surface area contributed by atoms with Crippen molar-refractivity contribution in [3.8, 4) is 11.5 Å². The van der Waals surface area contributed by atoms with Gasteiger partial charge >= 0.3 is 12.1 Å². The lowest BCUT2D eigenvalue weighted by Crippen LogP contribution is -2.38. The Bertz CT molecular complexity index is 1050. The third-order valence-corrected chi connectivity index (χ3v) is 7.19. The molecule has 3 unspecified atom stereocenters. The highest BCUT2D eigenvalue weighted by Crippen LogP contribution is 2.41. The van der Waals surface area contributed by atoms with E-state index in [9.17, 15) is 27.5 Å². The first kappa shape index (κ1) is 26.1. The van der Waals surface area contributed by atoms with Gasteiger partial charge in [-0.15, -0.1) is 0 Å². The Morgan fingerprint density at radius 3 is 2.28 bits per heavy atom. The number of likely N-dealkylation sites (N-methyl/N-ethyl adjacent to an activating group) is 1. The first-order chi connectivity index (χ1) is 17.1. The third-order valence-electron chi connectivity index (χ3n) is 7.19. The summed E-state index contributed by atoms with van der Waals surface area (Å²) in [6, 6.07) is 10.4. The fraction of sp³-hybridized carbons (Fsp3) is 0.500. The van der Waals surface area contributed by atoms with Crippen LogP contribution in [0.15, 0.2) is 42.5 Å². The number of nitrogens with zero attached hydrogens (tertiary/aromatic N) is 2. The number of ether oxygens (including phenoxy) is 2. The molecule has 3 atom stereocenters. The number of hydrogen-bond donors (Lipinski definition) is 1. The zero-order chi connectivity index (χ0) is 26.0. The molecular formula is C26H30F4N2O4. The molecule has 2 aromatic carbocycles. The lowest BCUT2D eigenvalue weighted by molar-refractivity contribution is -0.170. The number of rotatable bonds is 7. The van der Waals surface area contributed by atoms with Crippen LogP contribution in [0.5, 0.6) is 11.5 Å². The third kappa shape index (κ3) is 5.69. The van der Waals surface area contributed by atoms with E-state index in [0.29, 0.717) is 48.7 Å². The van der Waals surface area contributed by atoms with Crippen molar-refractivity contribution in [2.45, 2.75) is 43.5 Å². The number of carboxylic acids is 1. The molecule has 6 nitrogen and oxygen atoms in total. The van der Waals surface area contributed by atoms with Gasteiger partial charge in [-0.1, -0.05) is 12.1 Å². The van der Waals surface area contributed by atoms with Crippen molar-refractivity contribution in [2.24, 2.45) is 5.92 Å². The minimum absolute atomic E-state index is 0.0930. The molecule has 2 saturated heterocycles. The maximum atomic E-state index is 14.3. The Labute approximate surface area is 207 Å². The predicted molar refractivity (Wildman–Crippen MR) is 126 cm³/mol. The molecule has 2 aliphatic rings. The summed E-state index contributed by atoms with van der Waals surface area (Å²) in [4.78, 5) is 15.5. The molecule has 0 saturated carbocycles. The Balaban J connectivity index is 1.37. The quantitative estimate of drug-likeness (QED) is 0.533. The molecule has 0 aliphatic carbocycles. The van der Waals surface area contributed by atoms with E-state index in [1.54, 1.807) is 36.4 Å². The molecule has 10 heteroatoms. The number of halogens is 4. The molecule has 2 fully saturated rings. The van der Waals surface area contributed by atoms with E-state index in [0.717, 1.165) is 0 Å². The fourth-order valence-corrected chi connectivity index (χ4v) is 5.21. The van der Waals surface area contributed by atoms with Crippen LogP contribution in [0.3, 0.4) is 0 Å². The molecule has 2 heterocycles. The number of aliphatic carboxylic acids is 1. The van der Waals surface area contributed by atoms with Crippen LogP contribution in [-0.2, 0) is 4.79 Å². The summed E-state index contributed by atoms with van der Waals surface area (Å²) < 4.78 is 65.2. The summed E-state index contributed by atoms with van der Waals surface area (Å²) in [5.41, 5.74) is 0.930. The topological polar surface area (TPSA) is 62.2 Å². The van der Waals surface area contributed by atoms with Gasteiger partial charge in [0.05, 0.1) is 24.6 Å². The number of alkyl halides is 3. The number of methoxy groups -OCH3 is 1. The van der Waals surface area contributed by atoms with Gasteiger partial charge in [-0.3, -0.25) is 4.79 Å². The number of carboxylic acid groups (broad SMARTS) is 1. The second kappa shape index (κ2) is 10.5. The van der Waals surface area contributed by atoms with Crippen molar-refractivity contribution in [3.05, 3.63) is 53.8 Å². The van der Waals surface area contributed by atoms with Gasteiger partial charge in [0, 0.05) is 44.6 Å². The molecule has 0 aromatic heterocycles. The molecule has 0 radical (unpaired) electrons. The zero-order valence-electron chi connectivity index (χ0n) is 20.2. The van der Waals surface area contributed by atoms with Gasteiger partial charge in [0.15, 0.2) is 0 Å². The van der Waals surface area contributed by atoms with Gasteiger partial charge in [0.25, 0.3) is 0 Å². The van der Waals surface area contributed by atoms with Crippen LogP contribution in [0, 0.1) is 11.7 Å². The van der Waals surface area contributed by atoms with Gasteiger partial charge in [-0.25, -0.2) is 4.39 Å². The minimum Gasteiger partial charge on any atom is -0.497 e. The molecule has 1 N–H and O–H groups in total.